The number of carbonyl (C=O) groups is 2. The van der Waals surface area contributed by atoms with Crippen LogP contribution < -0.4 is 10.9 Å². The van der Waals surface area contributed by atoms with Gasteiger partial charge >= 0.3 is 0 Å². The van der Waals surface area contributed by atoms with E-state index in [0.29, 0.717) is 39.6 Å². The molecule has 0 aliphatic heterocycles. The number of carbonyl (C=O) groups excluding carboxylic acids is 2. The Balaban J connectivity index is 1.59. The zero-order valence-electron chi connectivity index (χ0n) is 17.9. The SMILES string of the molecule is CCCCn1c(=O)c2ccccc2n2c(SCC(=O)Nc3ccc(C(C)=O)cc3)nnc12. The molecule has 1 N–H and O–H groups in total. The van der Waals surface area contributed by atoms with Gasteiger partial charge in [0.1, 0.15) is 0 Å². The molecule has 1 amide bonds. The van der Waals surface area contributed by atoms with Gasteiger partial charge in [-0.3, -0.25) is 23.4 Å². The summed E-state index contributed by atoms with van der Waals surface area (Å²) in [6.07, 6.45) is 1.81. The third-order valence-electron chi connectivity index (χ3n) is 5.12. The number of hydrogen-bond donors (Lipinski definition) is 1. The second-order valence-electron chi connectivity index (χ2n) is 7.42. The minimum Gasteiger partial charge on any atom is -0.325 e. The summed E-state index contributed by atoms with van der Waals surface area (Å²) in [5, 5.41) is 12.5. The molecule has 0 saturated heterocycles. The molecule has 0 saturated carbocycles. The maximum Gasteiger partial charge on any atom is 0.262 e. The van der Waals surface area contributed by atoms with Crippen molar-refractivity contribution in [3.63, 3.8) is 0 Å². The summed E-state index contributed by atoms with van der Waals surface area (Å²) >= 11 is 1.25. The zero-order chi connectivity index (χ0) is 22.7. The number of aromatic nitrogens is 4. The van der Waals surface area contributed by atoms with Crippen LogP contribution in [0.1, 0.15) is 37.0 Å². The largest absolute Gasteiger partial charge is 0.325 e. The van der Waals surface area contributed by atoms with Gasteiger partial charge in [-0.1, -0.05) is 37.2 Å². The quantitative estimate of drug-likeness (QED) is 0.325. The van der Waals surface area contributed by atoms with Crippen molar-refractivity contribution in [2.45, 2.75) is 38.4 Å². The van der Waals surface area contributed by atoms with Crippen LogP contribution in [-0.2, 0) is 11.3 Å². The number of hydrogen-bond acceptors (Lipinski definition) is 6. The molecule has 0 unspecified atom stereocenters. The molecule has 0 aliphatic rings. The van der Waals surface area contributed by atoms with Crippen molar-refractivity contribution >= 4 is 45.8 Å². The number of Topliss-reactive ketones (excluding diaryl/α,β-unsaturated/α-hetero) is 1. The predicted molar refractivity (Wildman–Crippen MR) is 125 cm³/mol. The molecule has 2 heterocycles. The molecule has 0 radical (unpaired) electrons. The number of amides is 1. The highest BCUT2D eigenvalue weighted by molar-refractivity contribution is 7.99. The fraction of sp³-hybridized carbons (Fsp3) is 0.261. The number of unbranched alkanes of at least 4 members (excludes halogenated alkanes) is 1. The summed E-state index contributed by atoms with van der Waals surface area (Å²) in [4.78, 5) is 36.8. The van der Waals surface area contributed by atoms with Crippen LogP contribution in [0, 0.1) is 0 Å². The molecule has 2 aromatic heterocycles. The highest BCUT2D eigenvalue weighted by Crippen LogP contribution is 2.22. The molecule has 0 bridgehead atoms. The Labute approximate surface area is 188 Å². The molecular weight excluding hydrogens is 426 g/mol. The van der Waals surface area contributed by atoms with E-state index < -0.39 is 0 Å². The molecule has 0 atom stereocenters. The van der Waals surface area contributed by atoms with Crippen molar-refractivity contribution in [2.75, 3.05) is 11.1 Å². The van der Waals surface area contributed by atoms with Crippen LogP contribution in [0.4, 0.5) is 5.69 Å². The average Bonchev–Trinajstić information content (AvgIpc) is 3.22. The van der Waals surface area contributed by atoms with Crippen LogP contribution >= 0.6 is 11.8 Å². The number of fused-ring (bicyclic) bond motifs is 3. The Kier molecular flexibility index (Phi) is 6.36. The highest BCUT2D eigenvalue weighted by Gasteiger charge is 2.17. The van der Waals surface area contributed by atoms with E-state index in [2.05, 4.69) is 22.4 Å². The van der Waals surface area contributed by atoms with E-state index in [9.17, 15) is 14.4 Å². The fourth-order valence-corrected chi connectivity index (χ4v) is 4.20. The lowest BCUT2D eigenvalue weighted by atomic mass is 10.1. The van der Waals surface area contributed by atoms with Crippen molar-refractivity contribution < 1.29 is 9.59 Å². The van der Waals surface area contributed by atoms with Crippen molar-refractivity contribution in [1.82, 2.24) is 19.2 Å². The van der Waals surface area contributed by atoms with Crippen LogP contribution in [-0.4, -0.2) is 36.6 Å². The van der Waals surface area contributed by atoms with Crippen LogP contribution in [0.25, 0.3) is 16.7 Å². The number of aryl methyl sites for hydroxylation is 1. The molecule has 4 aromatic rings. The summed E-state index contributed by atoms with van der Waals surface area (Å²) in [6, 6.07) is 14.1. The number of nitrogens with zero attached hydrogens (tertiary/aromatic N) is 4. The number of benzene rings is 2. The first-order valence-electron chi connectivity index (χ1n) is 10.4. The standard InChI is InChI=1S/C23H23N5O3S/c1-3-4-13-27-21(31)18-7-5-6-8-19(18)28-22(27)25-26-23(28)32-14-20(30)24-17-11-9-16(10-12-17)15(2)29/h5-12H,3-4,13-14H2,1-2H3,(H,24,30). The summed E-state index contributed by atoms with van der Waals surface area (Å²) in [5.41, 5.74) is 1.84. The smallest absolute Gasteiger partial charge is 0.262 e. The first kappa shape index (κ1) is 21.8. The lowest BCUT2D eigenvalue weighted by Gasteiger charge is -2.11. The van der Waals surface area contributed by atoms with Gasteiger partial charge in [0.05, 0.1) is 16.7 Å². The first-order chi connectivity index (χ1) is 15.5. The molecule has 4 rings (SSSR count). The van der Waals surface area contributed by atoms with Crippen molar-refractivity contribution in [1.29, 1.82) is 0 Å². The van der Waals surface area contributed by atoms with Gasteiger partial charge in [0, 0.05) is 17.8 Å². The van der Waals surface area contributed by atoms with E-state index in [1.807, 2.05) is 22.6 Å². The maximum absolute atomic E-state index is 13.0. The van der Waals surface area contributed by atoms with Crippen molar-refractivity contribution in [3.8, 4) is 0 Å². The van der Waals surface area contributed by atoms with Crippen LogP contribution in [0.15, 0.2) is 58.5 Å². The fourth-order valence-electron chi connectivity index (χ4n) is 3.46. The number of thioether (sulfide) groups is 1. The zero-order valence-corrected chi connectivity index (χ0v) is 18.7. The van der Waals surface area contributed by atoms with Gasteiger partial charge < -0.3 is 5.32 Å². The third kappa shape index (κ3) is 4.29. The first-order valence-corrected chi connectivity index (χ1v) is 11.4. The number of rotatable bonds is 8. The number of para-hydroxylation sites is 1. The van der Waals surface area contributed by atoms with E-state index in [1.54, 1.807) is 34.9 Å². The van der Waals surface area contributed by atoms with E-state index >= 15 is 0 Å². The summed E-state index contributed by atoms with van der Waals surface area (Å²) < 4.78 is 3.49. The Morgan fingerprint density at radius 1 is 1.06 bits per heavy atom. The van der Waals surface area contributed by atoms with Crippen LogP contribution in [0.5, 0.6) is 0 Å². The predicted octanol–water partition coefficient (Wildman–Crippen LogP) is 3.78. The second kappa shape index (κ2) is 9.35. The van der Waals surface area contributed by atoms with E-state index in [0.717, 1.165) is 12.8 Å². The number of anilines is 1. The third-order valence-corrected chi connectivity index (χ3v) is 6.05. The molecule has 2 aromatic carbocycles. The minimum atomic E-state index is -0.203. The van der Waals surface area contributed by atoms with Crippen molar-refractivity contribution in [3.05, 3.63) is 64.4 Å². The summed E-state index contributed by atoms with van der Waals surface area (Å²) in [6.45, 7) is 4.13. The highest BCUT2D eigenvalue weighted by atomic mass is 32.2. The lowest BCUT2D eigenvalue weighted by Crippen LogP contribution is -2.23. The Morgan fingerprint density at radius 3 is 2.53 bits per heavy atom. The monoisotopic (exact) mass is 449 g/mol. The maximum atomic E-state index is 13.0. The Bertz CT molecular complexity index is 1360. The van der Waals surface area contributed by atoms with Gasteiger partial charge in [0.15, 0.2) is 10.9 Å². The van der Waals surface area contributed by atoms with Gasteiger partial charge in [0.2, 0.25) is 11.7 Å². The molecule has 0 aliphatic carbocycles. The molecule has 164 valence electrons. The van der Waals surface area contributed by atoms with Crippen molar-refractivity contribution in [2.24, 2.45) is 0 Å². The van der Waals surface area contributed by atoms with Gasteiger partial charge in [-0.05, 0) is 49.7 Å². The molecule has 32 heavy (non-hydrogen) atoms. The van der Waals surface area contributed by atoms with E-state index in [4.69, 9.17) is 0 Å². The molecular formula is C23H23N5O3S. The van der Waals surface area contributed by atoms with E-state index in [1.165, 1.54) is 18.7 Å². The Hall–Kier alpha value is -3.46. The van der Waals surface area contributed by atoms with Gasteiger partial charge in [-0.15, -0.1) is 10.2 Å². The molecule has 0 fully saturated rings. The molecule has 0 spiro atoms. The number of nitrogens with one attached hydrogen (secondary N) is 1. The van der Waals surface area contributed by atoms with E-state index in [-0.39, 0.29) is 23.0 Å². The average molecular weight is 450 g/mol. The lowest BCUT2D eigenvalue weighted by molar-refractivity contribution is -0.113. The molecule has 9 heteroatoms. The summed E-state index contributed by atoms with van der Waals surface area (Å²) in [5.74, 6) is 0.370. The van der Waals surface area contributed by atoms with Crippen LogP contribution in [0.3, 0.4) is 0 Å². The Morgan fingerprint density at radius 2 is 1.81 bits per heavy atom. The molecule has 8 nitrogen and oxygen atoms in total. The van der Waals surface area contributed by atoms with Gasteiger partial charge in [0.25, 0.3) is 5.56 Å². The second-order valence-corrected chi connectivity index (χ2v) is 8.36. The van der Waals surface area contributed by atoms with Gasteiger partial charge in [-0.25, -0.2) is 0 Å². The normalized spacial score (nSPS) is 11.2. The minimum absolute atomic E-state index is 0.0262. The topological polar surface area (TPSA) is 98.4 Å². The van der Waals surface area contributed by atoms with Crippen LogP contribution in [0.2, 0.25) is 0 Å². The number of ketones is 1. The summed E-state index contributed by atoms with van der Waals surface area (Å²) in [7, 11) is 0. The van der Waals surface area contributed by atoms with Gasteiger partial charge in [-0.2, -0.15) is 0 Å².